The van der Waals surface area contributed by atoms with Gasteiger partial charge in [-0.2, -0.15) is 0 Å². The van der Waals surface area contributed by atoms with Crippen molar-refractivity contribution in [2.24, 2.45) is 50.7 Å². The summed E-state index contributed by atoms with van der Waals surface area (Å²) in [6.07, 6.45) is -1.65. The largest absolute Gasteiger partial charge is 0.432 e. The van der Waals surface area contributed by atoms with E-state index in [4.69, 9.17) is 9.47 Å². The average Bonchev–Trinajstić information content (AvgIpc) is 2.98. The predicted molar refractivity (Wildman–Crippen MR) is 168 cm³/mol. The molecule has 1 saturated heterocycles. The van der Waals surface area contributed by atoms with E-state index < -0.39 is 77.8 Å². The molecule has 10 heteroatoms. The highest BCUT2D eigenvalue weighted by Crippen LogP contribution is 2.76. The molecule has 5 aliphatic carbocycles. The monoisotopic (exact) mass is 650 g/mol. The summed E-state index contributed by atoms with van der Waals surface area (Å²) in [6, 6.07) is 0. The molecule has 0 radical (unpaired) electrons. The van der Waals surface area contributed by atoms with Gasteiger partial charge in [-0.05, 0) is 97.7 Å². The molecule has 1 heterocycles. The van der Waals surface area contributed by atoms with Gasteiger partial charge in [0.05, 0.1) is 29.8 Å². The third-order valence-corrected chi connectivity index (χ3v) is 15.5. The second-order valence-electron chi connectivity index (χ2n) is 17.7. The Labute approximate surface area is 273 Å². The van der Waals surface area contributed by atoms with Gasteiger partial charge >= 0.3 is 5.97 Å². The zero-order valence-corrected chi connectivity index (χ0v) is 28.6. The molecule has 6 rings (SSSR count). The number of rotatable bonds is 3. The quantitative estimate of drug-likeness (QED) is 0.177. The maximum atomic E-state index is 14.5. The highest BCUT2D eigenvalue weighted by Gasteiger charge is 2.72. The lowest BCUT2D eigenvalue weighted by atomic mass is 9.33. The summed E-state index contributed by atoms with van der Waals surface area (Å²) in [5, 5.41) is 75.6. The summed E-state index contributed by atoms with van der Waals surface area (Å²) in [7, 11) is 0. The molecule has 7 N–H and O–H groups in total. The summed E-state index contributed by atoms with van der Waals surface area (Å²) in [5.74, 6) is -0.787. The molecule has 16 atom stereocenters. The first-order valence-corrected chi connectivity index (χ1v) is 17.5. The minimum atomic E-state index is -1.70. The Morgan fingerprint density at radius 1 is 0.913 bits per heavy atom. The lowest BCUT2D eigenvalue weighted by Gasteiger charge is -2.72. The fourth-order valence-corrected chi connectivity index (χ4v) is 12.4. The van der Waals surface area contributed by atoms with Crippen LogP contribution in [0.25, 0.3) is 0 Å². The topological polar surface area (TPSA) is 177 Å². The van der Waals surface area contributed by atoms with Gasteiger partial charge in [0.2, 0.25) is 6.29 Å². The standard InChI is InChI=1S/C36H58O10/c1-18-10-13-36(30(43)46-29-26(41)25(40)24(39)21(17-37)45-29)15-14-33(5)19(27(36)35(18,7)44)8-9-23-32(4)16-20(38)28(42)31(2,3)22(32)11-12-34(23,33)6/h8,18,20-29,37-42,44H,9-17H2,1-7H3/t18-,20-,21+,22-,23+,24+,25-,26+,27-,28+,29-,32+,33-,34-,35-,36+/m1/s1. The van der Waals surface area contributed by atoms with Crippen LogP contribution in [0.1, 0.15) is 99.8 Å². The Bertz CT molecular complexity index is 1250. The summed E-state index contributed by atoms with van der Waals surface area (Å²) >= 11 is 0. The number of aliphatic hydroxyl groups is 7. The first kappa shape index (κ1) is 34.7. The Morgan fingerprint density at radius 2 is 1.59 bits per heavy atom. The van der Waals surface area contributed by atoms with Crippen LogP contribution in [0, 0.1) is 50.7 Å². The van der Waals surface area contributed by atoms with Crippen LogP contribution in [0.4, 0.5) is 0 Å². The van der Waals surface area contributed by atoms with Crippen molar-refractivity contribution in [3.05, 3.63) is 11.6 Å². The van der Waals surface area contributed by atoms with E-state index >= 15 is 0 Å². The van der Waals surface area contributed by atoms with E-state index in [0.29, 0.717) is 32.1 Å². The van der Waals surface area contributed by atoms with Gasteiger partial charge < -0.3 is 45.2 Å². The Balaban J connectivity index is 1.39. The number of carbonyl (C=O) groups excluding carboxylic acids is 1. The molecule has 46 heavy (non-hydrogen) atoms. The normalized spacial score (nSPS) is 56.4. The molecule has 262 valence electrons. The summed E-state index contributed by atoms with van der Waals surface area (Å²) < 4.78 is 11.5. The lowest BCUT2D eigenvalue weighted by Crippen LogP contribution is -2.69. The molecule has 10 nitrogen and oxygen atoms in total. The van der Waals surface area contributed by atoms with E-state index in [2.05, 4.69) is 40.7 Å². The highest BCUT2D eigenvalue weighted by molar-refractivity contribution is 5.79. The van der Waals surface area contributed by atoms with Crippen LogP contribution in [0.2, 0.25) is 0 Å². The minimum Gasteiger partial charge on any atom is -0.432 e. The minimum absolute atomic E-state index is 0.0940. The van der Waals surface area contributed by atoms with Crippen molar-refractivity contribution in [3.8, 4) is 0 Å². The Hall–Kier alpha value is -1.11. The van der Waals surface area contributed by atoms with Gasteiger partial charge in [0.1, 0.15) is 24.4 Å². The van der Waals surface area contributed by atoms with Crippen molar-refractivity contribution in [1.82, 2.24) is 0 Å². The number of fused-ring (bicyclic) bond motifs is 7. The van der Waals surface area contributed by atoms with E-state index in [-0.39, 0.29) is 34.0 Å². The number of hydrogen-bond acceptors (Lipinski definition) is 10. The van der Waals surface area contributed by atoms with E-state index in [1.165, 1.54) is 0 Å². The Morgan fingerprint density at radius 3 is 2.24 bits per heavy atom. The maximum absolute atomic E-state index is 14.5. The van der Waals surface area contributed by atoms with Crippen molar-refractivity contribution in [2.75, 3.05) is 6.61 Å². The summed E-state index contributed by atoms with van der Waals surface area (Å²) in [6.45, 7) is 14.4. The van der Waals surface area contributed by atoms with Gasteiger partial charge in [-0.15, -0.1) is 0 Å². The van der Waals surface area contributed by atoms with E-state index in [9.17, 15) is 40.5 Å². The lowest BCUT2D eigenvalue weighted by molar-refractivity contribution is -0.299. The number of esters is 1. The predicted octanol–water partition coefficient (Wildman–Crippen LogP) is 2.43. The fourth-order valence-electron chi connectivity index (χ4n) is 12.4. The molecule has 4 saturated carbocycles. The maximum Gasteiger partial charge on any atom is 0.315 e. The molecule has 5 fully saturated rings. The van der Waals surface area contributed by atoms with Crippen LogP contribution in [0.15, 0.2) is 11.6 Å². The molecular weight excluding hydrogens is 592 g/mol. The Kier molecular flexibility index (Phi) is 8.27. The molecule has 0 amide bonds. The number of ether oxygens (including phenoxy) is 2. The van der Waals surface area contributed by atoms with Crippen LogP contribution < -0.4 is 0 Å². The number of aliphatic hydroxyl groups excluding tert-OH is 6. The van der Waals surface area contributed by atoms with E-state index in [1.54, 1.807) is 0 Å². The van der Waals surface area contributed by atoms with Crippen LogP contribution in [-0.4, -0.2) is 96.8 Å². The van der Waals surface area contributed by atoms with Crippen LogP contribution in [0.5, 0.6) is 0 Å². The zero-order chi connectivity index (χ0) is 34.0. The molecule has 0 aromatic rings. The van der Waals surface area contributed by atoms with Gasteiger partial charge in [0.15, 0.2) is 0 Å². The first-order valence-electron chi connectivity index (χ1n) is 17.5. The fraction of sp³-hybridized carbons (Fsp3) is 0.917. The number of carbonyl (C=O) groups is 1. The molecule has 0 bridgehead atoms. The molecule has 0 unspecified atom stereocenters. The smallest absolute Gasteiger partial charge is 0.315 e. The van der Waals surface area contributed by atoms with Crippen LogP contribution >= 0.6 is 0 Å². The SMILES string of the molecule is C[C@@H]1CC[C@]2(C(=O)O[C@H]3O[C@@H](CO)[C@H](O)[C@@H](O)[C@@H]3O)CC[C@]3(C)C(=CC[C@H]4[C@@]5(C)C[C@@H](O)[C@H](O)C(C)(C)[C@H]5CC[C@]43C)[C@@H]2[C@]1(C)O. The van der Waals surface area contributed by atoms with Crippen LogP contribution in [-0.2, 0) is 14.3 Å². The first-order chi connectivity index (χ1) is 21.2. The third-order valence-electron chi connectivity index (χ3n) is 15.5. The van der Waals surface area contributed by atoms with Crippen LogP contribution in [0.3, 0.4) is 0 Å². The molecule has 0 spiro atoms. The second kappa shape index (κ2) is 10.9. The molecule has 0 aromatic carbocycles. The summed E-state index contributed by atoms with van der Waals surface area (Å²) in [4.78, 5) is 14.5. The molecular formula is C36H58O10. The van der Waals surface area contributed by atoms with E-state index in [1.807, 2.05) is 13.8 Å². The number of hydrogen-bond donors (Lipinski definition) is 7. The van der Waals surface area contributed by atoms with Crippen molar-refractivity contribution < 1.29 is 50.0 Å². The van der Waals surface area contributed by atoms with Gasteiger partial charge in [-0.1, -0.05) is 53.2 Å². The van der Waals surface area contributed by atoms with Gasteiger partial charge in [0, 0.05) is 5.92 Å². The second-order valence-corrected chi connectivity index (χ2v) is 17.7. The summed E-state index contributed by atoms with van der Waals surface area (Å²) in [5.41, 5.74) is -2.44. The van der Waals surface area contributed by atoms with Gasteiger partial charge in [-0.25, -0.2) is 0 Å². The van der Waals surface area contributed by atoms with Gasteiger partial charge in [0.25, 0.3) is 0 Å². The zero-order valence-electron chi connectivity index (χ0n) is 28.6. The highest BCUT2D eigenvalue weighted by atomic mass is 16.7. The van der Waals surface area contributed by atoms with Crippen molar-refractivity contribution >= 4 is 5.97 Å². The van der Waals surface area contributed by atoms with Crippen molar-refractivity contribution in [2.45, 2.75) is 148 Å². The molecule has 0 aromatic heterocycles. The molecule has 1 aliphatic heterocycles. The number of allylic oxidation sites excluding steroid dienone is 1. The molecule has 6 aliphatic rings. The van der Waals surface area contributed by atoms with Crippen molar-refractivity contribution in [3.63, 3.8) is 0 Å². The van der Waals surface area contributed by atoms with E-state index in [0.717, 1.165) is 24.8 Å². The van der Waals surface area contributed by atoms with Crippen molar-refractivity contribution in [1.29, 1.82) is 0 Å². The average molecular weight is 651 g/mol. The third kappa shape index (κ3) is 4.39. The van der Waals surface area contributed by atoms with Gasteiger partial charge in [-0.3, -0.25) is 4.79 Å².